The van der Waals surface area contributed by atoms with Gasteiger partial charge in [-0.1, -0.05) is 199 Å². The molecule has 0 aliphatic heterocycles. The predicted octanol–water partition coefficient (Wildman–Crippen LogP) is 12.7. The third-order valence-electron chi connectivity index (χ3n) is 8.69. The summed E-state index contributed by atoms with van der Waals surface area (Å²) in [7, 11) is 0. The van der Waals surface area contributed by atoms with E-state index in [1.54, 1.807) is 5.48 Å². The highest BCUT2D eigenvalue weighted by molar-refractivity contribution is 7.80. The van der Waals surface area contributed by atoms with Gasteiger partial charge in [-0.2, -0.15) is 12.6 Å². The van der Waals surface area contributed by atoms with E-state index in [1.807, 2.05) is 0 Å². The van der Waals surface area contributed by atoms with Crippen LogP contribution in [0, 0.1) is 0 Å². The Morgan fingerprint density at radius 1 is 0.350 bits per heavy atom. The van der Waals surface area contributed by atoms with Crippen LogP contribution in [0.2, 0.25) is 0 Å². The maximum absolute atomic E-state index is 10.9. The first-order valence-electron chi connectivity index (χ1n) is 18.3. The van der Waals surface area contributed by atoms with E-state index in [9.17, 15) is 4.79 Å². The van der Waals surface area contributed by atoms with Gasteiger partial charge in [-0.15, -0.1) is 0 Å². The van der Waals surface area contributed by atoms with Crippen LogP contribution in [0.25, 0.3) is 0 Å². The lowest BCUT2D eigenvalue weighted by atomic mass is 10.0. The maximum atomic E-state index is 10.9. The molecule has 0 radical (unpaired) electrons. The van der Waals surface area contributed by atoms with Crippen LogP contribution in [0.3, 0.4) is 0 Å². The highest BCUT2D eigenvalue weighted by Gasteiger charge is 1.99. The predicted molar refractivity (Wildman–Crippen MR) is 181 cm³/mol. The highest BCUT2D eigenvalue weighted by atomic mass is 32.1. The molecule has 0 aliphatic rings. The van der Waals surface area contributed by atoms with Crippen molar-refractivity contribution < 1.29 is 10.0 Å². The normalized spacial score (nSPS) is 11.3. The molecule has 1 amide bonds. The second-order valence-corrected chi connectivity index (χ2v) is 13.1. The van der Waals surface area contributed by atoms with Gasteiger partial charge in [0.25, 0.3) is 0 Å². The van der Waals surface area contributed by atoms with Crippen LogP contribution in [0.4, 0.5) is 0 Å². The maximum Gasteiger partial charge on any atom is 0.243 e. The third kappa shape index (κ3) is 35.8. The molecule has 0 aromatic carbocycles. The van der Waals surface area contributed by atoms with Gasteiger partial charge in [0.15, 0.2) is 0 Å². The number of thiol groups is 1. The molecule has 240 valence electrons. The number of hydrogen-bond donors (Lipinski definition) is 3. The summed E-state index contributed by atoms with van der Waals surface area (Å²) in [6, 6.07) is 0. The van der Waals surface area contributed by atoms with E-state index >= 15 is 0 Å². The van der Waals surface area contributed by atoms with Crippen molar-refractivity contribution in [2.45, 2.75) is 218 Å². The second-order valence-electron chi connectivity index (χ2n) is 12.7. The van der Waals surface area contributed by atoms with E-state index in [0.717, 1.165) is 18.6 Å². The van der Waals surface area contributed by atoms with Crippen LogP contribution in [0.5, 0.6) is 0 Å². The van der Waals surface area contributed by atoms with Crippen LogP contribution >= 0.6 is 12.6 Å². The molecule has 0 unspecified atom stereocenters. The van der Waals surface area contributed by atoms with E-state index in [0.29, 0.717) is 6.42 Å². The number of rotatable bonds is 35. The van der Waals surface area contributed by atoms with Crippen LogP contribution in [0.1, 0.15) is 218 Å². The topological polar surface area (TPSA) is 49.3 Å². The summed E-state index contributed by atoms with van der Waals surface area (Å²) in [6.45, 7) is 0. The van der Waals surface area contributed by atoms with Crippen molar-refractivity contribution in [3.63, 3.8) is 0 Å². The molecule has 0 heterocycles. The van der Waals surface area contributed by atoms with Crippen LogP contribution in [-0.2, 0) is 4.79 Å². The lowest BCUT2D eigenvalue weighted by Crippen LogP contribution is -2.17. The standard InChI is InChI=1S/C36H73NO2S/c38-36(37-39)34-32-30-28-26-24-22-20-18-16-14-12-10-8-6-4-2-1-3-5-7-9-11-13-15-17-19-21-23-25-27-29-31-33-35-40/h39-40H,1-35H2,(H,37,38). The van der Waals surface area contributed by atoms with E-state index in [2.05, 4.69) is 12.6 Å². The monoisotopic (exact) mass is 584 g/mol. The fourth-order valence-corrected chi connectivity index (χ4v) is 6.16. The Morgan fingerprint density at radius 3 is 0.700 bits per heavy atom. The average molecular weight is 584 g/mol. The van der Waals surface area contributed by atoms with Gasteiger partial charge in [-0.05, 0) is 18.6 Å². The Kier molecular flexibility index (Phi) is 36.6. The second kappa shape index (κ2) is 36.8. The van der Waals surface area contributed by atoms with Gasteiger partial charge in [0.05, 0.1) is 0 Å². The van der Waals surface area contributed by atoms with Crippen LogP contribution in [0.15, 0.2) is 0 Å². The SMILES string of the molecule is O=C(CCCCCCCCCCCCCCCCCCCCCCCCCCCCCCCCCCCS)NO. The largest absolute Gasteiger partial charge is 0.289 e. The van der Waals surface area contributed by atoms with E-state index in [1.165, 1.54) is 199 Å². The lowest BCUT2D eigenvalue weighted by molar-refractivity contribution is -0.129. The lowest BCUT2D eigenvalue weighted by Gasteiger charge is -2.05. The van der Waals surface area contributed by atoms with Gasteiger partial charge in [0, 0.05) is 6.42 Å². The molecule has 0 atom stereocenters. The minimum Gasteiger partial charge on any atom is -0.289 e. The first-order valence-corrected chi connectivity index (χ1v) is 19.0. The van der Waals surface area contributed by atoms with E-state index in [4.69, 9.17) is 5.21 Å². The minimum absolute atomic E-state index is 0.255. The molecule has 0 saturated heterocycles. The molecular formula is C36H73NO2S. The molecule has 0 fully saturated rings. The molecule has 0 bridgehead atoms. The number of carbonyl (C=O) groups excluding carboxylic acids is 1. The minimum atomic E-state index is -0.255. The Hall–Kier alpha value is -0.220. The highest BCUT2D eigenvalue weighted by Crippen LogP contribution is 2.17. The van der Waals surface area contributed by atoms with Gasteiger partial charge in [-0.25, -0.2) is 5.48 Å². The molecule has 0 aliphatic carbocycles. The Labute approximate surface area is 257 Å². The molecule has 0 aromatic heterocycles. The molecule has 0 aromatic rings. The van der Waals surface area contributed by atoms with Gasteiger partial charge in [0.2, 0.25) is 5.91 Å². The van der Waals surface area contributed by atoms with Crippen molar-refractivity contribution in [1.82, 2.24) is 5.48 Å². The van der Waals surface area contributed by atoms with Crippen LogP contribution in [-0.4, -0.2) is 16.9 Å². The van der Waals surface area contributed by atoms with E-state index < -0.39 is 0 Å². The third-order valence-corrected chi connectivity index (χ3v) is 9.00. The number of hydroxylamine groups is 1. The Morgan fingerprint density at radius 2 is 0.525 bits per heavy atom. The molecular weight excluding hydrogens is 510 g/mol. The quantitative estimate of drug-likeness (QED) is 0.0301. The van der Waals surface area contributed by atoms with Crippen molar-refractivity contribution >= 4 is 18.5 Å². The zero-order valence-electron chi connectivity index (χ0n) is 27.1. The summed E-state index contributed by atoms with van der Waals surface area (Å²) in [6.07, 6.45) is 46.7. The number of amides is 1. The van der Waals surface area contributed by atoms with Crippen LogP contribution < -0.4 is 5.48 Å². The first-order chi connectivity index (χ1) is 19.8. The number of carbonyl (C=O) groups is 1. The zero-order valence-corrected chi connectivity index (χ0v) is 27.9. The van der Waals surface area contributed by atoms with E-state index in [-0.39, 0.29) is 5.91 Å². The smallest absolute Gasteiger partial charge is 0.243 e. The molecule has 3 nitrogen and oxygen atoms in total. The van der Waals surface area contributed by atoms with Gasteiger partial charge < -0.3 is 0 Å². The Balaban J connectivity index is 3.04. The fraction of sp³-hybridized carbons (Fsp3) is 0.972. The fourth-order valence-electron chi connectivity index (χ4n) is 5.93. The summed E-state index contributed by atoms with van der Waals surface area (Å²) in [5.74, 6) is 0.807. The summed E-state index contributed by atoms with van der Waals surface area (Å²) in [5.41, 5.74) is 1.70. The van der Waals surface area contributed by atoms with Crippen molar-refractivity contribution in [2.75, 3.05) is 5.75 Å². The molecule has 0 spiro atoms. The van der Waals surface area contributed by atoms with Crippen molar-refractivity contribution in [3.05, 3.63) is 0 Å². The molecule has 2 N–H and O–H groups in total. The summed E-state index contributed by atoms with van der Waals surface area (Å²) in [4.78, 5) is 10.9. The van der Waals surface area contributed by atoms with Crippen molar-refractivity contribution in [2.24, 2.45) is 0 Å². The summed E-state index contributed by atoms with van der Waals surface area (Å²) < 4.78 is 0. The number of nitrogens with one attached hydrogen (secondary N) is 1. The number of hydrogen-bond acceptors (Lipinski definition) is 3. The summed E-state index contributed by atoms with van der Waals surface area (Å²) >= 11 is 4.28. The molecule has 0 rings (SSSR count). The Bertz CT molecular complexity index is 474. The average Bonchev–Trinajstić information content (AvgIpc) is 2.97. The molecule has 4 heteroatoms. The van der Waals surface area contributed by atoms with Crippen molar-refractivity contribution in [1.29, 1.82) is 0 Å². The van der Waals surface area contributed by atoms with Gasteiger partial charge >= 0.3 is 0 Å². The van der Waals surface area contributed by atoms with Gasteiger partial charge in [0.1, 0.15) is 0 Å². The van der Waals surface area contributed by atoms with Crippen molar-refractivity contribution in [3.8, 4) is 0 Å². The zero-order chi connectivity index (χ0) is 29.0. The first kappa shape index (κ1) is 39.8. The number of unbranched alkanes of at least 4 members (excludes halogenated alkanes) is 32. The van der Waals surface area contributed by atoms with Gasteiger partial charge in [-0.3, -0.25) is 10.0 Å². The molecule has 0 saturated carbocycles. The summed E-state index contributed by atoms with van der Waals surface area (Å²) in [5, 5.41) is 8.46. The molecule has 40 heavy (non-hydrogen) atoms.